The fourth-order valence-corrected chi connectivity index (χ4v) is 9.63. The van der Waals surface area contributed by atoms with Gasteiger partial charge in [0.25, 0.3) is 5.91 Å². The normalized spacial score (nSPS) is 32.1. The van der Waals surface area contributed by atoms with E-state index in [0.717, 1.165) is 69.3 Å². The van der Waals surface area contributed by atoms with Gasteiger partial charge in [-0.1, -0.05) is 43.2 Å². The molecule has 2 aromatic carbocycles. The number of aliphatic hydroxyl groups excluding tert-OH is 1. The van der Waals surface area contributed by atoms with Crippen LogP contribution in [0.2, 0.25) is 5.02 Å². The molecule has 2 N–H and O–H groups in total. The average molecular weight is 613 g/mol. The molecule has 4 aliphatic rings. The summed E-state index contributed by atoms with van der Waals surface area (Å²) in [6, 6.07) is 11.1. The predicted molar refractivity (Wildman–Crippen MR) is 165 cm³/mol. The van der Waals surface area contributed by atoms with Gasteiger partial charge in [0.05, 0.1) is 17.0 Å². The summed E-state index contributed by atoms with van der Waals surface area (Å²) >= 11 is 6.31. The second-order valence-electron chi connectivity index (χ2n) is 12.9. The highest BCUT2D eigenvalue weighted by molar-refractivity contribution is 7.90. The van der Waals surface area contributed by atoms with Crippen molar-refractivity contribution in [1.82, 2.24) is 4.72 Å². The molecular formula is C33H41ClN2O5S. The van der Waals surface area contributed by atoms with Gasteiger partial charge in [-0.05, 0) is 110 Å². The quantitative estimate of drug-likeness (QED) is 0.353. The second kappa shape index (κ2) is 11.9. The summed E-state index contributed by atoms with van der Waals surface area (Å²) in [4.78, 5) is 15.8. The van der Waals surface area contributed by atoms with Gasteiger partial charge in [0.15, 0.2) is 0 Å². The monoisotopic (exact) mass is 612 g/mol. The number of hydrogen-bond acceptors (Lipinski definition) is 6. The Bertz CT molecular complexity index is 1480. The zero-order valence-corrected chi connectivity index (χ0v) is 25.8. The van der Waals surface area contributed by atoms with Gasteiger partial charge in [-0.3, -0.25) is 4.79 Å². The summed E-state index contributed by atoms with van der Waals surface area (Å²) in [7, 11) is -3.92. The van der Waals surface area contributed by atoms with Gasteiger partial charge in [0, 0.05) is 23.7 Å². The lowest BCUT2D eigenvalue weighted by Gasteiger charge is -2.42. The van der Waals surface area contributed by atoms with Crippen molar-refractivity contribution in [2.24, 2.45) is 17.3 Å². The first-order chi connectivity index (χ1) is 20.1. The van der Waals surface area contributed by atoms with Gasteiger partial charge in [-0.2, -0.15) is 0 Å². The maximum Gasteiger partial charge on any atom is 0.264 e. The third-order valence-corrected chi connectivity index (χ3v) is 12.4. The Labute approximate surface area is 254 Å². The molecule has 2 aliphatic heterocycles. The van der Waals surface area contributed by atoms with Crippen LogP contribution in [0.4, 0.5) is 5.69 Å². The number of rotatable bonds is 0. The largest absolute Gasteiger partial charge is 0.487 e. The van der Waals surface area contributed by atoms with E-state index in [0.29, 0.717) is 41.7 Å². The molecule has 7 nitrogen and oxygen atoms in total. The summed E-state index contributed by atoms with van der Waals surface area (Å²) in [6.45, 7) is 3.84. The van der Waals surface area contributed by atoms with Gasteiger partial charge >= 0.3 is 0 Å². The third kappa shape index (κ3) is 5.95. The standard InChI is InChI=1S/C33H41ClN2O5S/c1-33-15-4-7-29(37)27-13-10-24(27)20-36-17-3-2-6-22-18-26(34)12-9-25(22)21-41-30-14-11-23(19-28(30)36)32(38)35-42(39,40)31(33)8-5-16-33/h4,7,9,11-12,14,18-19,24,27,29,31,37H,2-3,5-6,8,10,13,15-17,20-21H2,1H3,(H,35,38)/b7-4+/t24-,27+,29-,31-,33-/m0/s1. The van der Waals surface area contributed by atoms with Crippen molar-refractivity contribution in [1.29, 1.82) is 0 Å². The van der Waals surface area contributed by atoms with E-state index in [2.05, 4.69) is 9.62 Å². The van der Waals surface area contributed by atoms with Crippen molar-refractivity contribution in [2.45, 2.75) is 82.7 Å². The van der Waals surface area contributed by atoms with Gasteiger partial charge in [0.2, 0.25) is 10.0 Å². The van der Waals surface area contributed by atoms with Crippen molar-refractivity contribution < 1.29 is 23.1 Å². The van der Waals surface area contributed by atoms with Gasteiger partial charge in [0.1, 0.15) is 12.4 Å². The van der Waals surface area contributed by atoms with Crippen LogP contribution >= 0.6 is 11.6 Å². The Hall–Kier alpha value is -2.55. The zero-order chi connectivity index (χ0) is 29.5. The van der Waals surface area contributed by atoms with Gasteiger partial charge in [-0.25, -0.2) is 13.1 Å². The van der Waals surface area contributed by atoms with Crippen LogP contribution in [0.1, 0.15) is 79.8 Å². The number of allylic oxidation sites excluding steroid dienone is 1. The molecule has 0 saturated heterocycles. The lowest BCUT2D eigenvalue weighted by atomic mass is 9.70. The number of benzene rings is 2. The molecule has 2 heterocycles. The van der Waals surface area contributed by atoms with E-state index in [-0.39, 0.29) is 5.92 Å². The number of aryl methyl sites for hydroxylation is 1. The zero-order valence-electron chi connectivity index (χ0n) is 24.2. The molecular weight excluding hydrogens is 572 g/mol. The number of aliphatic hydroxyl groups is 1. The molecule has 1 amide bonds. The van der Waals surface area contributed by atoms with Crippen LogP contribution in [-0.4, -0.2) is 43.9 Å². The Kier molecular flexibility index (Phi) is 8.33. The van der Waals surface area contributed by atoms with Crippen LogP contribution in [0.5, 0.6) is 5.75 Å². The first-order valence-corrected chi connectivity index (χ1v) is 17.3. The lowest BCUT2D eigenvalue weighted by molar-refractivity contribution is 0.0460. The summed E-state index contributed by atoms with van der Waals surface area (Å²) in [5.74, 6) is 0.489. The third-order valence-electron chi connectivity index (χ3n) is 10.1. The molecule has 0 aromatic heterocycles. The molecule has 2 bridgehead atoms. The molecule has 0 spiro atoms. The minimum absolute atomic E-state index is 0.144. The lowest BCUT2D eigenvalue weighted by Crippen LogP contribution is -2.44. The Morgan fingerprint density at radius 1 is 1.07 bits per heavy atom. The second-order valence-corrected chi connectivity index (χ2v) is 15.2. The SMILES string of the molecule is C[C@@]12C/C=C/[C@H](O)[C@@H]3CC[C@H]3CN3CCCCc4cc(Cl)ccc4COc4ccc(cc43)C(=O)NS(=O)(=O)[C@H]1CCC2. The molecule has 5 atom stereocenters. The number of ether oxygens (including phenoxy) is 1. The topological polar surface area (TPSA) is 95.9 Å². The van der Waals surface area contributed by atoms with Gasteiger partial charge < -0.3 is 14.7 Å². The number of nitrogens with zero attached hydrogens (tertiary/aromatic N) is 1. The number of hydrogen-bond donors (Lipinski definition) is 2. The van der Waals surface area contributed by atoms with Crippen LogP contribution in [-0.2, 0) is 23.1 Å². The molecule has 2 fully saturated rings. The molecule has 0 unspecified atom stereocenters. The maximum atomic E-state index is 13.6. The molecule has 0 radical (unpaired) electrons. The summed E-state index contributed by atoms with van der Waals surface area (Å²) in [6.07, 6.45) is 10.7. The predicted octanol–water partition coefficient (Wildman–Crippen LogP) is 6.03. The highest BCUT2D eigenvalue weighted by Crippen LogP contribution is 2.46. The van der Waals surface area contributed by atoms with Crippen molar-refractivity contribution in [2.75, 3.05) is 18.0 Å². The van der Waals surface area contributed by atoms with Crippen molar-refractivity contribution in [3.63, 3.8) is 0 Å². The number of fused-ring (bicyclic) bond motifs is 4. The van der Waals surface area contributed by atoms with Crippen LogP contribution in [0.3, 0.4) is 0 Å². The number of carbonyl (C=O) groups excluding carboxylic acids is 1. The van der Waals surface area contributed by atoms with E-state index < -0.39 is 32.7 Å². The van der Waals surface area contributed by atoms with Crippen molar-refractivity contribution in [3.05, 3.63) is 70.3 Å². The Balaban J connectivity index is 1.39. The Morgan fingerprint density at radius 2 is 1.93 bits per heavy atom. The smallest absolute Gasteiger partial charge is 0.264 e. The number of halogens is 1. The molecule has 2 aliphatic carbocycles. The van der Waals surface area contributed by atoms with E-state index in [1.165, 1.54) is 5.56 Å². The number of amides is 1. The van der Waals surface area contributed by atoms with Gasteiger partial charge in [-0.15, -0.1) is 0 Å². The van der Waals surface area contributed by atoms with E-state index >= 15 is 0 Å². The van der Waals surface area contributed by atoms with E-state index in [4.69, 9.17) is 16.3 Å². The number of anilines is 1. The highest BCUT2D eigenvalue weighted by Gasteiger charge is 2.46. The molecule has 9 heteroatoms. The maximum absolute atomic E-state index is 13.6. The number of nitrogens with one attached hydrogen (secondary N) is 1. The molecule has 226 valence electrons. The Morgan fingerprint density at radius 3 is 2.74 bits per heavy atom. The first kappa shape index (κ1) is 29.5. The molecule has 42 heavy (non-hydrogen) atoms. The minimum atomic E-state index is -3.92. The minimum Gasteiger partial charge on any atom is -0.487 e. The van der Waals surface area contributed by atoms with E-state index in [9.17, 15) is 18.3 Å². The van der Waals surface area contributed by atoms with Crippen molar-refractivity contribution >= 4 is 33.2 Å². The number of carbonyl (C=O) groups is 1. The van der Waals surface area contributed by atoms with Crippen LogP contribution in [0.25, 0.3) is 0 Å². The molecule has 6 rings (SSSR count). The number of sulfonamides is 1. The van der Waals surface area contributed by atoms with E-state index in [1.807, 2.05) is 37.3 Å². The molecule has 2 saturated carbocycles. The summed E-state index contributed by atoms with van der Waals surface area (Å²) < 4.78 is 36.0. The molecule has 2 aromatic rings. The van der Waals surface area contributed by atoms with Crippen molar-refractivity contribution in [3.8, 4) is 5.75 Å². The average Bonchev–Trinajstić information content (AvgIpc) is 3.31. The fourth-order valence-electron chi connectivity index (χ4n) is 7.48. The van der Waals surface area contributed by atoms with Crippen LogP contribution in [0.15, 0.2) is 48.6 Å². The summed E-state index contributed by atoms with van der Waals surface area (Å²) in [5, 5.41) is 11.2. The summed E-state index contributed by atoms with van der Waals surface area (Å²) in [5.41, 5.74) is 2.84. The van der Waals surface area contributed by atoms with Crippen LogP contribution < -0.4 is 14.4 Å². The highest BCUT2D eigenvalue weighted by atomic mass is 35.5. The fraction of sp³-hybridized carbons (Fsp3) is 0.545. The van der Waals surface area contributed by atoms with Crippen LogP contribution in [0, 0.1) is 17.3 Å². The van der Waals surface area contributed by atoms with E-state index in [1.54, 1.807) is 18.2 Å². The first-order valence-electron chi connectivity index (χ1n) is 15.3.